The number of carbonyl (C=O) groups excluding carboxylic acids is 1. The Hall–Kier alpha value is -2.83. The van der Waals surface area contributed by atoms with Crippen LogP contribution in [0.1, 0.15) is 24.2 Å². The van der Waals surface area contributed by atoms with E-state index in [4.69, 9.17) is 4.74 Å². The summed E-state index contributed by atoms with van der Waals surface area (Å²) in [5.41, 5.74) is 1.62. The van der Waals surface area contributed by atoms with Gasteiger partial charge in [-0.3, -0.25) is 0 Å². The molecule has 0 heterocycles. The third kappa shape index (κ3) is 5.14. The molecule has 0 spiro atoms. The number of hydrogen-bond acceptors (Lipinski definition) is 3. The van der Waals surface area contributed by atoms with E-state index < -0.39 is 12.1 Å². The number of esters is 1. The van der Waals surface area contributed by atoms with E-state index in [9.17, 15) is 9.90 Å². The van der Waals surface area contributed by atoms with Crippen molar-refractivity contribution >= 4 is 5.97 Å². The van der Waals surface area contributed by atoms with E-state index in [1.54, 1.807) is 19.1 Å². The summed E-state index contributed by atoms with van der Waals surface area (Å²) in [6.45, 7) is 1.98. The van der Waals surface area contributed by atoms with Crippen molar-refractivity contribution in [1.82, 2.24) is 0 Å². The van der Waals surface area contributed by atoms with Crippen LogP contribution in [-0.4, -0.2) is 17.7 Å². The highest BCUT2D eigenvalue weighted by Gasteiger charge is 2.12. The smallest absolute Gasteiger partial charge is 0.346 e. The van der Waals surface area contributed by atoms with E-state index in [1.807, 2.05) is 48.5 Å². The van der Waals surface area contributed by atoms with Gasteiger partial charge in [-0.1, -0.05) is 60.4 Å². The number of hydrogen-bond donors (Lipinski definition) is 1. The van der Waals surface area contributed by atoms with Crippen LogP contribution in [0.15, 0.2) is 72.3 Å². The fraction of sp³-hybridized carbons (Fsp3) is 0.150. The van der Waals surface area contributed by atoms with Gasteiger partial charge in [0, 0.05) is 5.56 Å². The van der Waals surface area contributed by atoms with Gasteiger partial charge in [0.1, 0.15) is 5.57 Å². The molecule has 0 aliphatic rings. The standard InChI is InChI=1S/C20H18O3/c1-2-23-20(22)18(14-13-16-9-5-3-6-10-16)15-19(21)17-11-7-4-8-12-17/h3-12,15,19,21H,2H2,1H3/b18-15+. The Kier molecular flexibility index (Phi) is 6.17. The van der Waals surface area contributed by atoms with Crippen LogP contribution in [-0.2, 0) is 9.53 Å². The molecule has 2 rings (SSSR count). The normalized spacial score (nSPS) is 12.0. The highest BCUT2D eigenvalue weighted by atomic mass is 16.5. The molecule has 3 nitrogen and oxygen atoms in total. The lowest BCUT2D eigenvalue weighted by molar-refractivity contribution is -0.138. The molecule has 0 radical (unpaired) electrons. The number of rotatable bonds is 4. The molecule has 116 valence electrons. The first-order valence-electron chi connectivity index (χ1n) is 7.39. The van der Waals surface area contributed by atoms with Crippen LogP contribution in [0.3, 0.4) is 0 Å². The van der Waals surface area contributed by atoms with Crippen molar-refractivity contribution in [3.05, 3.63) is 83.4 Å². The molecule has 0 aliphatic carbocycles. The maximum Gasteiger partial charge on any atom is 0.346 e. The zero-order chi connectivity index (χ0) is 16.5. The van der Waals surface area contributed by atoms with Gasteiger partial charge in [-0.15, -0.1) is 0 Å². The Balaban J connectivity index is 2.29. The second-order valence-electron chi connectivity index (χ2n) is 4.77. The molecule has 0 fully saturated rings. The van der Waals surface area contributed by atoms with Crippen LogP contribution in [0, 0.1) is 11.8 Å². The fourth-order valence-corrected chi connectivity index (χ4v) is 1.93. The first kappa shape index (κ1) is 16.5. The van der Waals surface area contributed by atoms with Gasteiger partial charge >= 0.3 is 5.97 Å². The number of aliphatic hydroxyl groups excluding tert-OH is 1. The summed E-state index contributed by atoms with van der Waals surface area (Å²) >= 11 is 0. The van der Waals surface area contributed by atoms with Gasteiger partial charge in [-0.2, -0.15) is 0 Å². The molecule has 0 saturated carbocycles. The van der Waals surface area contributed by atoms with Crippen LogP contribution in [0.2, 0.25) is 0 Å². The molecule has 1 atom stereocenters. The Morgan fingerprint density at radius 3 is 2.35 bits per heavy atom. The molecule has 0 saturated heterocycles. The highest BCUT2D eigenvalue weighted by Crippen LogP contribution is 2.16. The Morgan fingerprint density at radius 2 is 1.74 bits per heavy atom. The molecular weight excluding hydrogens is 288 g/mol. The van der Waals surface area contributed by atoms with Gasteiger partial charge in [-0.25, -0.2) is 4.79 Å². The van der Waals surface area contributed by atoms with Crippen LogP contribution >= 0.6 is 0 Å². The van der Waals surface area contributed by atoms with Gasteiger partial charge in [0.2, 0.25) is 0 Å². The molecule has 3 heteroatoms. The summed E-state index contributed by atoms with van der Waals surface area (Å²) in [5.74, 6) is 5.17. The maximum absolute atomic E-state index is 12.0. The van der Waals surface area contributed by atoms with Crippen LogP contribution in [0.25, 0.3) is 0 Å². The average Bonchev–Trinajstić information content (AvgIpc) is 2.60. The van der Waals surface area contributed by atoms with Crippen LogP contribution in [0.5, 0.6) is 0 Å². The second-order valence-corrected chi connectivity index (χ2v) is 4.77. The van der Waals surface area contributed by atoms with E-state index in [0.29, 0.717) is 5.56 Å². The molecule has 0 aromatic heterocycles. The van der Waals surface area contributed by atoms with Gasteiger partial charge in [0.15, 0.2) is 0 Å². The average molecular weight is 306 g/mol. The Bertz CT molecular complexity index is 722. The number of benzene rings is 2. The molecule has 1 N–H and O–H groups in total. The topological polar surface area (TPSA) is 46.5 Å². The summed E-state index contributed by atoms with van der Waals surface area (Å²) in [6, 6.07) is 18.4. The lowest BCUT2D eigenvalue weighted by Gasteiger charge is -2.07. The van der Waals surface area contributed by atoms with E-state index >= 15 is 0 Å². The van der Waals surface area contributed by atoms with Crippen LogP contribution in [0.4, 0.5) is 0 Å². The molecule has 1 unspecified atom stereocenters. The van der Waals surface area contributed by atoms with Crippen molar-refractivity contribution in [2.45, 2.75) is 13.0 Å². The minimum absolute atomic E-state index is 0.145. The molecular formula is C20H18O3. The first-order valence-corrected chi connectivity index (χ1v) is 7.39. The predicted octanol–water partition coefficient (Wildman–Crippen LogP) is 3.26. The summed E-state index contributed by atoms with van der Waals surface area (Å²) in [7, 11) is 0. The quantitative estimate of drug-likeness (QED) is 0.536. The van der Waals surface area contributed by atoms with Gasteiger partial charge < -0.3 is 9.84 Å². The van der Waals surface area contributed by atoms with Gasteiger partial charge in [0.25, 0.3) is 0 Å². The van der Waals surface area contributed by atoms with Crippen molar-refractivity contribution in [2.75, 3.05) is 6.61 Å². The first-order chi connectivity index (χ1) is 11.2. The minimum atomic E-state index is -0.916. The van der Waals surface area contributed by atoms with Crippen molar-refractivity contribution < 1.29 is 14.6 Å². The highest BCUT2D eigenvalue weighted by molar-refractivity contribution is 5.93. The zero-order valence-corrected chi connectivity index (χ0v) is 12.9. The lowest BCUT2D eigenvalue weighted by Crippen LogP contribution is -2.08. The van der Waals surface area contributed by atoms with Crippen molar-refractivity contribution in [3.8, 4) is 11.8 Å². The maximum atomic E-state index is 12.0. The minimum Gasteiger partial charge on any atom is -0.462 e. The van der Waals surface area contributed by atoms with E-state index in [2.05, 4.69) is 11.8 Å². The fourth-order valence-electron chi connectivity index (χ4n) is 1.93. The van der Waals surface area contributed by atoms with Crippen molar-refractivity contribution in [1.29, 1.82) is 0 Å². The molecule has 2 aromatic rings. The summed E-state index contributed by atoms with van der Waals surface area (Å²) < 4.78 is 5.01. The third-order valence-electron chi connectivity index (χ3n) is 3.08. The van der Waals surface area contributed by atoms with E-state index in [0.717, 1.165) is 5.56 Å². The van der Waals surface area contributed by atoms with E-state index in [-0.39, 0.29) is 12.2 Å². The van der Waals surface area contributed by atoms with E-state index in [1.165, 1.54) is 6.08 Å². The Morgan fingerprint density at radius 1 is 1.13 bits per heavy atom. The second kappa shape index (κ2) is 8.57. The number of carbonyl (C=O) groups is 1. The molecule has 0 aliphatic heterocycles. The summed E-state index contributed by atoms with van der Waals surface area (Å²) in [6.07, 6.45) is 0.504. The molecule has 23 heavy (non-hydrogen) atoms. The largest absolute Gasteiger partial charge is 0.462 e. The summed E-state index contributed by atoms with van der Waals surface area (Å²) in [4.78, 5) is 12.0. The number of ether oxygens (including phenoxy) is 1. The summed E-state index contributed by atoms with van der Waals surface area (Å²) in [5, 5.41) is 10.3. The molecule has 2 aromatic carbocycles. The molecule has 0 amide bonds. The van der Waals surface area contributed by atoms with Crippen molar-refractivity contribution in [3.63, 3.8) is 0 Å². The monoisotopic (exact) mass is 306 g/mol. The van der Waals surface area contributed by atoms with Crippen molar-refractivity contribution in [2.24, 2.45) is 0 Å². The zero-order valence-electron chi connectivity index (χ0n) is 12.9. The molecule has 0 bridgehead atoms. The SMILES string of the molecule is CCOC(=O)/C(C#Cc1ccccc1)=C/C(O)c1ccccc1. The number of aliphatic hydroxyl groups is 1. The third-order valence-corrected chi connectivity index (χ3v) is 3.08. The van der Waals surface area contributed by atoms with Gasteiger partial charge in [0.05, 0.1) is 12.7 Å². The predicted molar refractivity (Wildman–Crippen MR) is 89.4 cm³/mol. The van der Waals surface area contributed by atoms with Crippen LogP contribution < -0.4 is 0 Å². The van der Waals surface area contributed by atoms with Gasteiger partial charge in [-0.05, 0) is 30.7 Å². The lowest BCUT2D eigenvalue weighted by atomic mass is 10.1. The Labute approximate surface area is 136 Å².